The zero-order chi connectivity index (χ0) is 18.5. The van der Waals surface area contributed by atoms with Crippen LogP contribution >= 0.6 is 23.2 Å². The smallest absolute Gasteiger partial charge is 0.263 e. The minimum Gasteiger partial charge on any atom is -0.482 e. The van der Waals surface area contributed by atoms with Gasteiger partial charge in [0.15, 0.2) is 6.61 Å². The topological polar surface area (TPSA) is 56.1 Å². The van der Waals surface area contributed by atoms with Crippen molar-refractivity contribution in [3.8, 4) is 5.75 Å². The van der Waals surface area contributed by atoms with E-state index in [0.29, 0.717) is 17.4 Å². The van der Waals surface area contributed by atoms with Gasteiger partial charge in [-0.25, -0.2) is 9.07 Å². The van der Waals surface area contributed by atoms with Crippen LogP contribution in [0.5, 0.6) is 5.75 Å². The van der Waals surface area contributed by atoms with E-state index in [2.05, 4.69) is 10.4 Å². The number of carbonyl (C=O) groups is 1. The number of rotatable bonds is 6. The average molecular weight is 394 g/mol. The molecule has 2 aromatic carbocycles. The highest BCUT2D eigenvalue weighted by Crippen LogP contribution is 2.24. The van der Waals surface area contributed by atoms with Gasteiger partial charge in [-0.2, -0.15) is 5.10 Å². The van der Waals surface area contributed by atoms with Crippen LogP contribution in [0.25, 0.3) is 0 Å². The van der Waals surface area contributed by atoms with Crippen LogP contribution in [0.3, 0.4) is 0 Å². The van der Waals surface area contributed by atoms with Crippen molar-refractivity contribution in [1.29, 1.82) is 0 Å². The molecule has 1 N–H and O–H groups in total. The van der Waals surface area contributed by atoms with Crippen LogP contribution in [-0.2, 0) is 11.3 Å². The van der Waals surface area contributed by atoms with Crippen LogP contribution < -0.4 is 10.1 Å². The molecule has 0 bridgehead atoms. The number of benzene rings is 2. The Balaban J connectivity index is 1.62. The molecule has 8 heteroatoms. The predicted octanol–water partition coefficient (Wildman–Crippen LogP) is 4.39. The first-order valence-electron chi connectivity index (χ1n) is 7.66. The van der Waals surface area contributed by atoms with E-state index in [-0.39, 0.29) is 17.4 Å². The van der Waals surface area contributed by atoms with E-state index in [9.17, 15) is 9.18 Å². The number of ether oxygens (including phenoxy) is 1. The fraction of sp³-hybridized carbons (Fsp3) is 0.111. The van der Waals surface area contributed by atoms with Gasteiger partial charge in [0, 0.05) is 11.1 Å². The lowest BCUT2D eigenvalue weighted by Gasteiger charge is -2.11. The molecule has 1 amide bonds. The summed E-state index contributed by atoms with van der Waals surface area (Å²) in [6.45, 7) is 0.134. The van der Waals surface area contributed by atoms with Gasteiger partial charge in [-0.1, -0.05) is 41.4 Å². The highest BCUT2D eigenvalue weighted by Gasteiger charge is 2.11. The lowest BCUT2D eigenvalue weighted by Crippen LogP contribution is -2.22. The molecule has 0 aliphatic carbocycles. The maximum absolute atomic E-state index is 13.0. The van der Waals surface area contributed by atoms with Crippen molar-refractivity contribution in [1.82, 2.24) is 9.78 Å². The Bertz CT molecular complexity index is 930. The first-order chi connectivity index (χ1) is 12.5. The largest absolute Gasteiger partial charge is 0.482 e. The number of amides is 1. The first kappa shape index (κ1) is 18.2. The summed E-state index contributed by atoms with van der Waals surface area (Å²) < 4.78 is 19.9. The van der Waals surface area contributed by atoms with Gasteiger partial charge >= 0.3 is 0 Å². The molecule has 0 radical (unpaired) electrons. The molecule has 3 rings (SSSR count). The Morgan fingerprint density at radius 1 is 1.15 bits per heavy atom. The van der Waals surface area contributed by atoms with Gasteiger partial charge in [0.25, 0.3) is 5.91 Å². The van der Waals surface area contributed by atoms with Crippen molar-refractivity contribution in [2.24, 2.45) is 0 Å². The molecule has 0 spiro atoms. The van der Waals surface area contributed by atoms with E-state index in [4.69, 9.17) is 27.9 Å². The van der Waals surface area contributed by atoms with Crippen LogP contribution in [0.15, 0.2) is 54.7 Å². The molecule has 0 aliphatic rings. The fourth-order valence-corrected chi connectivity index (χ4v) is 2.68. The number of nitrogens with one attached hydrogen (secondary N) is 1. The second-order valence-electron chi connectivity index (χ2n) is 5.38. The monoisotopic (exact) mass is 393 g/mol. The third kappa shape index (κ3) is 4.53. The van der Waals surface area contributed by atoms with Crippen LogP contribution in [0.1, 0.15) is 5.56 Å². The predicted molar refractivity (Wildman–Crippen MR) is 98.3 cm³/mol. The summed E-state index contributed by atoms with van der Waals surface area (Å²) >= 11 is 12.0. The molecule has 1 aromatic heterocycles. The van der Waals surface area contributed by atoms with Crippen molar-refractivity contribution in [3.63, 3.8) is 0 Å². The van der Waals surface area contributed by atoms with E-state index in [0.717, 1.165) is 11.6 Å². The molecule has 0 atom stereocenters. The van der Waals surface area contributed by atoms with Crippen LogP contribution in [-0.4, -0.2) is 22.3 Å². The van der Waals surface area contributed by atoms with Crippen molar-refractivity contribution in [2.75, 3.05) is 11.9 Å². The van der Waals surface area contributed by atoms with Crippen LogP contribution in [0.2, 0.25) is 10.0 Å². The molecule has 0 saturated heterocycles. The third-order valence-corrected chi connectivity index (χ3v) is 4.18. The Hall–Kier alpha value is -2.57. The van der Waals surface area contributed by atoms with Gasteiger partial charge in [0.2, 0.25) is 0 Å². The highest BCUT2D eigenvalue weighted by molar-refractivity contribution is 6.32. The molecule has 0 unspecified atom stereocenters. The summed E-state index contributed by atoms with van der Waals surface area (Å²) in [7, 11) is 0. The molecule has 0 fully saturated rings. The summed E-state index contributed by atoms with van der Waals surface area (Å²) in [6.07, 6.45) is 1.57. The van der Waals surface area contributed by atoms with Gasteiger partial charge in [0.1, 0.15) is 17.4 Å². The lowest BCUT2D eigenvalue weighted by molar-refractivity contribution is -0.118. The zero-order valence-electron chi connectivity index (χ0n) is 13.5. The van der Waals surface area contributed by atoms with Crippen molar-refractivity contribution in [3.05, 3.63) is 76.2 Å². The second kappa shape index (κ2) is 8.21. The quantitative estimate of drug-likeness (QED) is 0.675. The van der Waals surface area contributed by atoms with Gasteiger partial charge in [0.05, 0.1) is 17.8 Å². The van der Waals surface area contributed by atoms with Crippen molar-refractivity contribution < 1.29 is 13.9 Å². The SMILES string of the molecule is O=C(COc1ccc(F)cc1Cl)Nc1ccnn1Cc1ccccc1Cl. The Kier molecular flexibility index (Phi) is 5.75. The number of hydrogen-bond acceptors (Lipinski definition) is 3. The summed E-state index contributed by atoms with van der Waals surface area (Å²) in [4.78, 5) is 12.1. The molecule has 3 aromatic rings. The normalized spacial score (nSPS) is 10.6. The van der Waals surface area contributed by atoms with Crippen molar-refractivity contribution >= 4 is 34.9 Å². The summed E-state index contributed by atoms with van der Waals surface area (Å²) in [6, 6.07) is 12.8. The van der Waals surface area contributed by atoms with E-state index < -0.39 is 11.7 Å². The minimum atomic E-state index is -0.477. The molecular weight excluding hydrogens is 380 g/mol. The van der Waals surface area contributed by atoms with Crippen molar-refractivity contribution in [2.45, 2.75) is 6.54 Å². The summed E-state index contributed by atoms with van der Waals surface area (Å²) in [5.41, 5.74) is 0.878. The van der Waals surface area contributed by atoms with Gasteiger partial charge in [-0.15, -0.1) is 0 Å². The average Bonchev–Trinajstić information content (AvgIpc) is 3.03. The Morgan fingerprint density at radius 3 is 2.73 bits per heavy atom. The van der Waals surface area contributed by atoms with Crippen LogP contribution in [0, 0.1) is 5.82 Å². The van der Waals surface area contributed by atoms with Gasteiger partial charge < -0.3 is 10.1 Å². The first-order valence-corrected chi connectivity index (χ1v) is 8.41. The number of carbonyl (C=O) groups excluding carboxylic acids is 1. The Morgan fingerprint density at radius 2 is 1.96 bits per heavy atom. The maximum Gasteiger partial charge on any atom is 0.263 e. The molecule has 0 saturated carbocycles. The van der Waals surface area contributed by atoms with E-state index in [1.54, 1.807) is 23.0 Å². The zero-order valence-corrected chi connectivity index (χ0v) is 15.0. The van der Waals surface area contributed by atoms with E-state index in [1.807, 2.05) is 18.2 Å². The molecule has 1 heterocycles. The number of anilines is 1. The number of hydrogen-bond donors (Lipinski definition) is 1. The maximum atomic E-state index is 13.0. The Labute approximate surface area is 159 Å². The minimum absolute atomic E-state index is 0.0987. The number of halogens is 3. The standard InChI is InChI=1S/C18H14Cl2FN3O2/c19-14-4-2-1-3-12(14)10-24-17(7-8-22-24)23-18(25)11-26-16-6-5-13(21)9-15(16)20/h1-9H,10-11H2,(H,23,25). The van der Waals surface area contributed by atoms with E-state index >= 15 is 0 Å². The second-order valence-corrected chi connectivity index (χ2v) is 6.19. The molecule has 5 nitrogen and oxygen atoms in total. The highest BCUT2D eigenvalue weighted by atomic mass is 35.5. The molecule has 0 aliphatic heterocycles. The lowest BCUT2D eigenvalue weighted by atomic mass is 10.2. The van der Waals surface area contributed by atoms with Gasteiger partial charge in [-0.3, -0.25) is 4.79 Å². The third-order valence-electron chi connectivity index (χ3n) is 3.51. The fourth-order valence-electron chi connectivity index (χ4n) is 2.27. The van der Waals surface area contributed by atoms with E-state index in [1.165, 1.54) is 12.1 Å². The summed E-state index contributed by atoms with van der Waals surface area (Å²) in [5.74, 6) is -0.141. The van der Waals surface area contributed by atoms with Crippen LogP contribution in [0.4, 0.5) is 10.2 Å². The number of nitrogens with zero attached hydrogens (tertiary/aromatic N) is 2. The molecular formula is C18H14Cl2FN3O2. The molecule has 134 valence electrons. The van der Waals surface area contributed by atoms with Gasteiger partial charge in [-0.05, 0) is 29.8 Å². The molecule has 26 heavy (non-hydrogen) atoms. The number of aromatic nitrogens is 2. The summed E-state index contributed by atoms with van der Waals surface area (Å²) in [5, 5.41) is 7.61.